The standard InChI is InChI=1S/C48H33N5/c1-48(2)39-22-12-9-19-33(39)34-26-25-31(29-40(34)48)46-49-45(30-15-5-3-6-16-30)50-47(51-46)53-42-24-14-11-21-36(42)38-28-27-37-35-20-10-13-23-41(35)52(43(37)44(38)53)32-17-7-4-8-18-32/h3-29H,1-2H3/i3D,5D,6D,15D,16D. The van der Waals surface area contributed by atoms with E-state index in [1.807, 2.05) is 47.0 Å². The fourth-order valence-electron chi connectivity index (χ4n) is 8.46. The average molecular weight is 685 g/mol. The van der Waals surface area contributed by atoms with Gasteiger partial charge in [-0.15, -0.1) is 0 Å². The van der Waals surface area contributed by atoms with Crippen LogP contribution >= 0.6 is 0 Å². The molecule has 0 bridgehead atoms. The summed E-state index contributed by atoms with van der Waals surface area (Å²) in [5.74, 6) is 0.572. The Hall–Kier alpha value is -6.85. The molecule has 0 saturated heterocycles. The van der Waals surface area contributed by atoms with Gasteiger partial charge in [0.15, 0.2) is 11.6 Å². The summed E-state index contributed by atoms with van der Waals surface area (Å²) in [6.45, 7) is 4.43. The summed E-state index contributed by atoms with van der Waals surface area (Å²) < 4.78 is 47.8. The summed E-state index contributed by atoms with van der Waals surface area (Å²) in [5, 5.41) is 4.13. The first-order chi connectivity index (χ1) is 28.1. The van der Waals surface area contributed by atoms with Crippen molar-refractivity contribution in [3.05, 3.63) is 175 Å². The van der Waals surface area contributed by atoms with Crippen molar-refractivity contribution >= 4 is 43.6 Å². The van der Waals surface area contributed by atoms with E-state index in [0.29, 0.717) is 5.82 Å². The molecule has 0 radical (unpaired) electrons. The second kappa shape index (κ2) is 11.1. The third kappa shape index (κ3) is 4.28. The molecule has 1 aliphatic carbocycles. The van der Waals surface area contributed by atoms with Gasteiger partial charge in [-0.3, -0.25) is 4.57 Å². The Bertz CT molecular complexity index is 3360. The van der Waals surface area contributed by atoms with Gasteiger partial charge in [-0.2, -0.15) is 9.97 Å². The van der Waals surface area contributed by atoms with Crippen LogP contribution in [-0.4, -0.2) is 24.1 Å². The van der Waals surface area contributed by atoms with E-state index >= 15 is 0 Å². The second-order valence-electron chi connectivity index (χ2n) is 14.1. The number of benzene rings is 7. The van der Waals surface area contributed by atoms with E-state index in [-0.39, 0.29) is 34.8 Å². The van der Waals surface area contributed by atoms with Crippen LogP contribution in [-0.2, 0) is 5.41 Å². The number of hydrogen-bond donors (Lipinski definition) is 0. The van der Waals surface area contributed by atoms with Crippen LogP contribution in [0.15, 0.2) is 164 Å². The first-order valence-electron chi connectivity index (χ1n) is 20.2. The Morgan fingerprint density at radius 1 is 0.491 bits per heavy atom. The van der Waals surface area contributed by atoms with E-state index in [2.05, 4.69) is 109 Å². The largest absolute Gasteiger partial charge is 0.307 e. The lowest BCUT2D eigenvalue weighted by Gasteiger charge is -2.21. The molecule has 0 amide bonds. The zero-order chi connectivity index (χ0) is 39.6. The summed E-state index contributed by atoms with van der Waals surface area (Å²) in [7, 11) is 0. The predicted molar refractivity (Wildman–Crippen MR) is 217 cm³/mol. The highest BCUT2D eigenvalue weighted by molar-refractivity contribution is 6.23. The maximum Gasteiger partial charge on any atom is 0.238 e. The molecule has 5 nitrogen and oxygen atoms in total. The molecule has 1 aliphatic rings. The molecule has 5 heteroatoms. The third-order valence-electron chi connectivity index (χ3n) is 10.9. The van der Waals surface area contributed by atoms with Crippen LogP contribution in [0.25, 0.3) is 89.2 Å². The van der Waals surface area contributed by atoms with E-state index in [1.165, 1.54) is 11.1 Å². The minimum atomic E-state index is -0.479. The van der Waals surface area contributed by atoms with Crippen molar-refractivity contribution in [3.63, 3.8) is 0 Å². The molecule has 0 aliphatic heterocycles. The van der Waals surface area contributed by atoms with E-state index in [1.54, 1.807) is 0 Å². The van der Waals surface area contributed by atoms with Gasteiger partial charge in [0.25, 0.3) is 0 Å². The third-order valence-corrected chi connectivity index (χ3v) is 10.9. The normalized spacial score (nSPS) is 14.6. The van der Waals surface area contributed by atoms with Crippen molar-refractivity contribution in [1.29, 1.82) is 0 Å². The minimum Gasteiger partial charge on any atom is -0.307 e. The van der Waals surface area contributed by atoms with Gasteiger partial charge in [0.1, 0.15) is 0 Å². The van der Waals surface area contributed by atoms with Gasteiger partial charge in [-0.1, -0.05) is 147 Å². The molecular weight excluding hydrogens is 647 g/mol. The highest BCUT2D eigenvalue weighted by Crippen LogP contribution is 2.49. The number of aromatic nitrogens is 5. The molecule has 53 heavy (non-hydrogen) atoms. The van der Waals surface area contributed by atoms with Crippen molar-refractivity contribution in [2.24, 2.45) is 0 Å². The zero-order valence-electron chi connectivity index (χ0n) is 33.9. The Labute approximate surface area is 313 Å². The zero-order valence-corrected chi connectivity index (χ0v) is 28.9. The topological polar surface area (TPSA) is 48.5 Å². The van der Waals surface area contributed by atoms with E-state index in [9.17, 15) is 0 Å². The highest BCUT2D eigenvalue weighted by Gasteiger charge is 2.35. The first-order valence-corrected chi connectivity index (χ1v) is 17.7. The van der Waals surface area contributed by atoms with E-state index in [4.69, 9.17) is 21.8 Å². The predicted octanol–water partition coefficient (Wildman–Crippen LogP) is 11.7. The fourth-order valence-corrected chi connectivity index (χ4v) is 8.46. The average Bonchev–Trinajstić information content (AvgIpc) is 3.86. The van der Waals surface area contributed by atoms with E-state index in [0.717, 1.165) is 66.0 Å². The molecule has 0 N–H and O–H groups in total. The molecule has 250 valence electrons. The van der Waals surface area contributed by atoms with Crippen LogP contribution < -0.4 is 0 Å². The monoisotopic (exact) mass is 684 g/mol. The number of para-hydroxylation sites is 3. The molecule has 10 aromatic rings. The van der Waals surface area contributed by atoms with Crippen molar-refractivity contribution in [3.8, 4) is 45.5 Å². The van der Waals surface area contributed by atoms with Crippen LogP contribution in [0.1, 0.15) is 31.8 Å². The summed E-state index contributed by atoms with van der Waals surface area (Å²) in [5.41, 5.74) is 9.76. The lowest BCUT2D eigenvalue weighted by Crippen LogP contribution is -2.15. The van der Waals surface area contributed by atoms with Crippen LogP contribution in [0, 0.1) is 0 Å². The molecule has 3 aromatic heterocycles. The van der Waals surface area contributed by atoms with Gasteiger partial charge in [0, 0.05) is 43.8 Å². The number of rotatable bonds is 4. The highest BCUT2D eigenvalue weighted by atomic mass is 15.2. The summed E-state index contributed by atoms with van der Waals surface area (Å²) in [6.07, 6.45) is 0. The molecule has 0 fully saturated rings. The van der Waals surface area contributed by atoms with Crippen molar-refractivity contribution in [1.82, 2.24) is 24.1 Å². The van der Waals surface area contributed by atoms with Gasteiger partial charge in [0.05, 0.1) is 28.9 Å². The first kappa shape index (κ1) is 25.2. The lowest BCUT2D eigenvalue weighted by molar-refractivity contribution is 0.660. The molecule has 0 spiro atoms. The molecule has 3 heterocycles. The van der Waals surface area contributed by atoms with Crippen LogP contribution in [0.2, 0.25) is 0 Å². The van der Waals surface area contributed by atoms with Crippen molar-refractivity contribution in [2.75, 3.05) is 0 Å². The van der Waals surface area contributed by atoms with Crippen LogP contribution in [0.4, 0.5) is 0 Å². The van der Waals surface area contributed by atoms with Crippen LogP contribution in [0.3, 0.4) is 0 Å². The number of fused-ring (bicyclic) bond motifs is 10. The van der Waals surface area contributed by atoms with Gasteiger partial charge in [0.2, 0.25) is 5.95 Å². The van der Waals surface area contributed by atoms with E-state index < -0.39 is 18.1 Å². The smallest absolute Gasteiger partial charge is 0.238 e. The maximum atomic E-state index is 8.99. The molecular formula is C48H33N5. The summed E-state index contributed by atoms with van der Waals surface area (Å²) in [6, 6.07) is 43.6. The van der Waals surface area contributed by atoms with Crippen molar-refractivity contribution in [2.45, 2.75) is 19.3 Å². The Morgan fingerprint density at radius 2 is 1.08 bits per heavy atom. The molecule has 0 unspecified atom stereocenters. The van der Waals surface area contributed by atoms with Gasteiger partial charge < -0.3 is 4.57 Å². The Morgan fingerprint density at radius 3 is 1.81 bits per heavy atom. The van der Waals surface area contributed by atoms with Gasteiger partial charge >= 0.3 is 0 Å². The SMILES string of the molecule is [2H]c1c([2H])c([2H])c(-c2nc(-c3ccc4c(c3)C(C)(C)c3ccccc3-4)nc(-n3c4ccccc4c4ccc5c6ccccc6n(-c6ccccc6)c5c43)n2)c([2H])c1[2H]. The molecule has 11 rings (SSSR count). The minimum absolute atomic E-state index is 0.0123. The van der Waals surface area contributed by atoms with Gasteiger partial charge in [-0.25, -0.2) is 4.98 Å². The number of nitrogens with zero attached hydrogens (tertiary/aromatic N) is 5. The van der Waals surface area contributed by atoms with Crippen LogP contribution in [0.5, 0.6) is 0 Å². The molecule has 0 saturated carbocycles. The van der Waals surface area contributed by atoms with Crippen molar-refractivity contribution < 1.29 is 6.85 Å². The Kier molecular flexibility index (Phi) is 5.26. The number of hydrogen-bond acceptors (Lipinski definition) is 3. The fraction of sp³-hybridized carbons (Fsp3) is 0.0625. The summed E-state index contributed by atoms with van der Waals surface area (Å²) in [4.78, 5) is 15.3. The molecule has 7 aromatic carbocycles. The quantitative estimate of drug-likeness (QED) is 0.185. The van der Waals surface area contributed by atoms with Gasteiger partial charge in [-0.05, 0) is 52.6 Å². The lowest BCUT2D eigenvalue weighted by atomic mass is 9.82. The maximum absolute atomic E-state index is 8.99. The molecule has 0 atom stereocenters. The summed E-state index contributed by atoms with van der Waals surface area (Å²) >= 11 is 0. The second-order valence-corrected chi connectivity index (χ2v) is 14.1. The Balaban J connectivity index is 1.28.